The number of hydrogen-bond donors (Lipinski definition) is 1. The van der Waals surface area contributed by atoms with Crippen LogP contribution in [0.2, 0.25) is 0 Å². The Balaban J connectivity index is 1.61. The molecule has 1 N–H and O–H groups in total. The van der Waals surface area contributed by atoms with E-state index in [2.05, 4.69) is 4.90 Å². The van der Waals surface area contributed by atoms with Gasteiger partial charge in [0.05, 0.1) is 44.6 Å². The quantitative estimate of drug-likeness (QED) is 0.606. The molecule has 0 unspecified atom stereocenters. The molecule has 5 rings (SSSR count). The van der Waals surface area contributed by atoms with E-state index in [1.165, 1.54) is 20.3 Å². The van der Waals surface area contributed by atoms with Crippen molar-refractivity contribution in [3.8, 4) is 23.0 Å². The fourth-order valence-corrected chi connectivity index (χ4v) is 4.18. The lowest BCUT2D eigenvalue weighted by Crippen LogP contribution is -2.35. The molecular formula is C24H23NO7. The molecule has 0 aliphatic carbocycles. The molecule has 2 aliphatic heterocycles. The molecule has 2 aliphatic rings. The average molecular weight is 437 g/mol. The summed E-state index contributed by atoms with van der Waals surface area (Å²) in [5.74, 6) is 1.12. The number of carbonyl (C=O) groups is 1. The number of carbonyl (C=O) groups excluding carboxylic acids is 1. The van der Waals surface area contributed by atoms with E-state index in [1.807, 2.05) is 0 Å². The molecule has 0 saturated carbocycles. The van der Waals surface area contributed by atoms with Crippen molar-refractivity contribution >= 4 is 22.8 Å². The summed E-state index contributed by atoms with van der Waals surface area (Å²) in [6.07, 6.45) is 3.22. The van der Waals surface area contributed by atoms with Crippen molar-refractivity contribution in [3.63, 3.8) is 0 Å². The number of rotatable bonds is 5. The molecular weight excluding hydrogens is 414 g/mol. The number of methoxy groups -OCH3 is 2. The summed E-state index contributed by atoms with van der Waals surface area (Å²) in [6.45, 7) is 3.45. The van der Waals surface area contributed by atoms with Crippen molar-refractivity contribution < 1.29 is 33.3 Å². The number of morpholine rings is 1. The maximum atomic E-state index is 13.4. The Bertz CT molecular complexity index is 1220. The van der Waals surface area contributed by atoms with Gasteiger partial charge in [0.15, 0.2) is 23.0 Å². The van der Waals surface area contributed by atoms with Gasteiger partial charge in [0.2, 0.25) is 5.78 Å². The van der Waals surface area contributed by atoms with Crippen molar-refractivity contribution in [1.29, 1.82) is 0 Å². The van der Waals surface area contributed by atoms with Gasteiger partial charge >= 0.3 is 0 Å². The average Bonchev–Trinajstić information content (AvgIpc) is 3.42. The van der Waals surface area contributed by atoms with Gasteiger partial charge in [-0.1, -0.05) is 6.07 Å². The molecule has 166 valence electrons. The summed E-state index contributed by atoms with van der Waals surface area (Å²) < 4.78 is 28.2. The van der Waals surface area contributed by atoms with Crippen molar-refractivity contribution in [2.75, 3.05) is 40.5 Å². The van der Waals surface area contributed by atoms with E-state index in [9.17, 15) is 9.90 Å². The Hall–Kier alpha value is -3.49. The first-order chi connectivity index (χ1) is 15.6. The number of ether oxygens (including phenoxy) is 4. The number of nitrogens with zero attached hydrogens (tertiary/aromatic N) is 1. The second kappa shape index (κ2) is 8.22. The predicted molar refractivity (Wildman–Crippen MR) is 116 cm³/mol. The summed E-state index contributed by atoms with van der Waals surface area (Å²) in [5.41, 5.74) is 2.50. The molecule has 1 aromatic heterocycles. The highest BCUT2D eigenvalue weighted by atomic mass is 16.5. The lowest BCUT2D eigenvalue weighted by Gasteiger charge is -2.27. The van der Waals surface area contributed by atoms with Gasteiger partial charge in [0.25, 0.3) is 0 Å². The van der Waals surface area contributed by atoms with Gasteiger partial charge in [-0.15, -0.1) is 0 Å². The van der Waals surface area contributed by atoms with Crippen LogP contribution in [0, 0.1) is 0 Å². The summed E-state index contributed by atoms with van der Waals surface area (Å²) in [6, 6.07) is 6.63. The molecule has 1 saturated heterocycles. The van der Waals surface area contributed by atoms with Crippen LogP contribution in [0.5, 0.6) is 23.0 Å². The SMILES string of the molecule is COc1cc(/C=C2/Oc3c(c(OC)c4ccoc4c3CN3CCOCC3)C2=O)ccc1O. The van der Waals surface area contributed by atoms with E-state index >= 15 is 0 Å². The van der Waals surface area contributed by atoms with Gasteiger partial charge in [0, 0.05) is 19.6 Å². The largest absolute Gasteiger partial charge is 0.504 e. The number of phenolic OH excluding ortho intramolecular Hbond substituents is 1. The van der Waals surface area contributed by atoms with Crippen LogP contribution in [-0.2, 0) is 11.3 Å². The van der Waals surface area contributed by atoms with Crippen LogP contribution in [0.1, 0.15) is 21.5 Å². The van der Waals surface area contributed by atoms with Crippen LogP contribution in [0.4, 0.5) is 0 Å². The third-order valence-corrected chi connectivity index (χ3v) is 5.77. The molecule has 0 atom stereocenters. The van der Waals surface area contributed by atoms with Gasteiger partial charge in [-0.3, -0.25) is 9.69 Å². The summed E-state index contributed by atoms with van der Waals surface area (Å²) >= 11 is 0. The van der Waals surface area contributed by atoms with E-state index < -0.39 is 0 Å². The number of benzene rings is 2. The number of hydrogen-bond acceptors (Lipinski definition) is 8. The molecule has 0 amide bonds. The Kier molecular flexibility index (Phi) is 5.24. The Morgan fingerprint density at radius 2 is 1.97 bits per heavy atom. The lowest BCUT2D eigenvalue weighted by molar-refractivity contribution is 0.0340. The smallest absolute Gasteiger partial charge is 0.235 e. The molecule has 0 bridgehead atoms. The Labute approximate surface area is 184 Å². The number of ketones is 1. The molecule has 3 heterocycles. The zero-order valence-electron chi connectivity index (χ0n) is 17.8. The third-order valence-electron chi connectivity index (χ3n) is 5.77. The van der Waals surface area contributed by atoms with Gasteiger partial charge in [0.1, 0.15) is 16.9 Å². The molecule has 0 radical (unpaired) electrons. The van der Waals surface area contributed by atoms with Gasteiger partial charge in [-0.25, -0.2) is 0 Å². The zero-order valence-corrected chi connectivity index (χ0v) is 17.8. The Morgan fingerprint density at radius 3 is 2.72 bits per heavy atom. The van der Waals surface area contributed by atoms with Gasteiger partial charge < -0.3 is 28.5 Å². The normalized spacial score (nSPS) is 17.6. The minimum absolute atomic E-state index is 0.0198. The van der Waals surface area contributed by atoms with Crippen LogP contribution in [0.3, 0.4) is 0 Å². The third kappa shape index (κ3) is 3.37. The van der Waals surface area contributed by atoms with Gasteiger partial charge in [-0.05, 0) is 29.8 Å². The lowest BCUT2D eigenvalue weighted by atomic mass is 10.0. The first-order valence-electron chi connectivity index (χ1n) is 10.3. The summed E-state index contributed by atoms with van der Waals surface area (Å²) in [5, 5.41) is 10.6. The summed E-state index contributed by atoms with van der Waals surface area (Å²) in [7, 11) is 3.00. The van der Waals surface area contributed by atoms with E-state index in [-0.39, 0.29) is 17.3 Å². The van der Waals surface area contributed by atoms with E-state index in [0.717, 1.165) is 24.0 Å². The van der Waals surface area contributed by atoms with Gasteiger partial charge in [-0.2, -0.15) is 0 Å². The van der Waals surface area contributed by atoms with Crippen LogP contribution in [-0.4, -0.2) is 56.3 Å². The zero-order chi connectivity index (χ0) is 22.2. The van der Waals surface area contributed by atoms with E-state index in [0.29, 0.717) is 53.7 Å². The van der Waals surface area contributed by atoms with Crippen LogP contribution >= 0.6 is 0 Å². The van der Waals surface area contributed by atoms with E-state index in [1.54, 1.807) is 30.5 Å². The van der Waals surface area contributed by atoms with E-state index in [4.69, 9.17) is 23.4 Å². The fraction of sp³-hybridized carbons (Fsp3) is 0.292. The molecule has 2 aromatic carbocycles. The van der Waals surface area contributed by atoms with Crippen molar-refractivity contribution in [2.24, 2.45) is 0 Å². The Morgan fingerprint density at radius 1 is 1.16 bits per heavy atom. The number of fused-ring (bicyclic) bond motifs is 2. The number of phenols is 1. The van der Waals surface area contributed by atoms with Crippen molar-refractivity contribution in [3.05, 3.63) is 53.0 Å². The maximum absolute atomic E-state index is 13.4. The second-order valence-electron chi connectivity index (χ2n) is 7.64. The number of allylic oxidation sites excluding steroid dienone is 1. The minimum Gasteiger partial charge on any atom is -0.504 e. The fourth-order valence-electron chi connectivity index (χ4n) is 4.18. The van der Waals surface area contributed by atoms with Crippen molar-refractivity contribution in [2.45, 2.75) is 6.54 Å². The second-order valence-corrected chi connectivity index (χ2v) is 7.64. The summed E-state index contributed by atoms with van der Waals surface area (Å²) in [4.78, 5) is 15.6. The van der Waals surface area contributed by atoms with Crippen LogP contribution in [0.25, 0.3) is 17.0 Å². The van der Waals surface area contributed by atoms with Crippen LogP contribution in [0.15, 0.2) is 40.7 Å². The monoisotopic (exact) mass is 437 g/mol. The molecule has 32 heavy (non-hydrogen) atoms. The first kappa shape index (κ1) is 20.4. The molecule has 1 fully saturated rings. The predicted octanol–water partition coefficient (Wildman–Crippen LogP) is 3.60. The van der Waals surface area contributed by atoms with Crippen molar-refractivity contribution in [1.82, 2.24) is 4.90 Å². The highest BCUT2D eigenvalue weighted by Gasteiger charge is 2.37. The van der Waals surface area contributed by atoms with Crippen LogP contribution < -0.4 is 14.2 Å². The molecule has 8 heteroatoms. The number of Topliss-reactive ketones (excluding diaryl/α,β-unsaturated/α-hetero) is 1. The molecule has 3 aromatic rings. The minimum atomic E-state index is -0.268. The topological polar surface area (TPSA) is 90.6 Å². The first-order valence-corrected chi connectivity index (χ1v) is 10.3. The highest BCUT2D eigenvalue weighted by Crippen LogP contribution is 2.47. The number of furan rings is 1. The molecule has 0 spiro atoms. The highest BCUT2D eigenvalue weighted by molar-refractivity contribution is 6.19. The molecule has 8 nitrogen and oxygen atoms in total. The number of aromatic hydroxyl groups is 1. The standard InChI is InChI=1S/C24H23NO7/c1-28-18-11-14(3-4-17(18)26)12-19-21(27)20-23(29-2)15-5-8-31-22(15)16(24(20)32-19)13-25-6-9-30-10-7-25/h3-5,8,11-12,26H,6-7,9-10,13H2,1-2H3/b19-12+. The maximum Gasteiger partial charge on any atom is 0.235 e.